The van der Waals surface area contributed by atoms with E-state index in [4.69, 9.17) is 4.74 Å². The second kappa shape index (κ2) is 9.51. The Bertz CT molecular complexity index is 1200. The summed E-state index contributed by atoms with van der Waals surface area (Å²) in [7, 11) is 1.74. The van der Waals surface area contributed by atoms with Crippen LogP contribution in [0.2, 0.25) is 0 Å². The Morgan fingerprint density at radius 2 is 2.00 bits per heavy atom. The van der Waals surface area contributed by atoms with E-state index in [-0.39, 0.29) is 23.9 Å². The molecule has 0 fully saturated rings. The first kappa shape index (κ1) is 22.6. The fraction of sp³-hybridized carbons (Fsp3) is 0.440. The lowest BCUT2D eigenvalue weighted by Gasteiger charge is -2.29. The van der Waals surface area contributed by atoms with Crippen LogP contribution in [0.4, 0.5) is 0 Å². The number of aromatic nitrogens is 2. The highest BCUT2D eigenvalue weighted by molar-refractivity contribution is 5.99. The summed E-state index contributed by atoms with van der Waals surface area (Å²) >= 11 is 0. The number of Topliss-reactive ketones (excluding diaryl/α,β-unsaturated/α-hetero) is 1. The van der Waals surface area contributed by atoms with Crippen molar-refractivity contribution in [1.29, 1.82) is 0 Å². The third kappa shape index (κ3) is 4.21. The number of methoxy groups -OCH3 is 1. The summed E-state index contributed by atoms with van der Waals surface area (Å²) in [5.41, 5.74) is 6.25. The second-order valence-electron chi connectivity index (χ2n) is 8.72. The number of aryl methyl sites for hydroxylation is 2. The van der Waals surface area contributed by atoms with Crippen LogP contribution >= 0.6 is 12.4 Å². The van der Waals surface area contributed by atoms with Crippen molar-refractivity contribution in [3.8, 4) is 5.75 Å². The van der Waals surface area contributed by atoms with E-state index in [1.165, 1.54) is 11.1 Å². The summed E-state index contributed by atoms with van der Waals surface area (Å²) in [6.07, 6.45) is 5.32. The molecule has 0 radical (unpaired) electrons. The van der Waals surface area contributed by atoms with Gasteiger partial charge in [0.05, 0.1) is 18.1 Å². The number of fused-ring (bicyclic) bond motifs is 1. The molecule has 6 nitrogen and oxygen atoms in total. The van der Waals surface area contributed by atoms with E-state index < -0.39 is 0 Å². The van der Waals surface area contributed by atoms with E-state index in [2.05, 4.69) is 22.0 Å². The average molecular weight is 456 g/mol. The van der Waals surface area contributed by atoms with Crippen LogP contribution < -0.4 is 10.4 Å². The number of nitrogens with zero attached hydrogens (tertiary/aromatic N) is 2. The van der Waals surface area contributed by atoms with Crippen molar-refractivity contribution in [2.45, 2.75) is 51.6 Å². The molecule has 0 bridgehead atoms. The first-order chi connectivity index (χ1) is 15.1. The molecule has 7 heteroatoms. The van der Waals surface area contributed by atoms with Crippen molar-refractivity contribution in [1.82, 2.24) is 14.5 Å². The number of ether oxygens (including phenoxy) is 1. The van der Waals surface area contributed by atoms with Crippen LogP contribution in [0.1, 0.15) is 52.7 Å². The zero-order chi connectivity index (χ0) is 21.4. The zero-order valence-electron chi connectivity index (χ0n) is 18.5. The molecule has 0 atom stereocenters. The van der Waals surface area contributed by atoms with Gasteiger partial charge >= 0.3 is 5.69 Å². The molecular formula is C25H30ClN3O3. The molecule has 0 unspecified atom stereocenters. The number of unbranched alkanes of at least 4 members (excludes halogenated alkanes) is 1. The minimum absolute atomic E-state index is 0. The number of hydrogen-bond acceptors (Lipinski definition) is 4. The van der Waals surface area contributed by atoms with Gasteiger partial charge in [-0.1, -0.05) is 12.1 Å². The standard InChI is InChI=1S/C25H29N3O3.ClH/c1-31-23-9-4-6-18-16-27(13-10-20(18)23)11-3-2-8-22(29)19-14-17-7-5-12-28-24(17)21(15-19)26-25(28)30;/h4,6,9,14-15H,2-3,5,7-8,10-13,16H2,1H3,(H,26,30);1H. The van der Waals surface area contributed by atoms with E-state index >= 15 is 0 Å². The molecule has 0 spiro atoms. The Morgan fingerprint density at radius 3 is 2.84 bits per heavy atom. The van der Waals surface area contributed by atoms with Crippen LogP contribution in [0.15, 0.2) is 35.1 Å². The van der Waals surface area contributed by atoms with Crippen LogP contribution in [0.25, 0.3) is 11.0 Å². The molecule has 0 saturated carbocycles. The predicted molar refractivity (Wildman–Crippen MR) is 128 cm³/mol. The summed E-state index contributed by atoms with van der Waals surface area (Å²) in [6.45, 7) is 3.74. The van der Waals surface area contributed by atoms with Gasteiger partial charge in [0.1, 0.15) is 5.75 Å². The van der Waals surface area contributed by atoms with Crippen LogP contribution in [-0.4, -0.2) is 40.4 Å². The van der Waals surface area contributed by atoms with Crippen LogP contribution in [0, 0.1) is 0 Å². The topological polar surface area (TPSA) is 67.3 Å². The number of imidazole rings is 1. The molecule has 3 aromatic rings. The molecule has 170 valence electrons. The molecule has 32 heavy (non-hydrogen) atoms. The second-order valence-corrected chi connectivity index (χ2v) is 8.72. The number of benzene rings is 2. The zero-order valence-corrected chi connectivity index (χ0v) is 19.3. The lowest BCUT2D eigenvalue weighted by atomic mass is 9.97. The molecule has 3 heterocycles. The highest BCUT2D eigenvalue weighted by Crippen LogP contribution is 2.28. The molecule has 2 aliphatic rings. The number of H-pyrrole nitrogens is 1. The first-order valence-electron chi connectivity index (χ1n) is 11.3. The third-order valence-electron chi connectivity index (χ3n) is 6.75. The third-order valence-corrected chi connectivity index (χ3v) is 6.75. The minimum Gasteiger partial charge on any atom is -0.496 e. The number of halogens is 1. The molecule has 1 N–H and O–H groups in total. The fourth-order valence-electron chi connectivity index (χ4n) is 5.17. The number of carbonyl (C=O) groups excluding carboxylic acids is 1. The maximum atomic E-state index is 12.8. The molecule has 0 amide bonds. The van der Waals surface area contributed by atoms with Gasteiger partial charge in [0.25, 0.3) is 0 Å². The molecule has 2 aromatic carbocycles. The largest absolute Gasteiger partial charge is 0.496 e. The van der Waals surface area contributed by atoms with Crippen LogP contribution in [-0.2, 0) is 25.9 Å². The number of hydrogen-bond donors (Lipinski definition) is 1. The Morgan fingerprint density at radius 1 is 1.12 bits per heavy atom. The molecule has 1 aromatic heterocycles. The van der Waals surface area contributed by atoms with Gasteiger partial charge in [-0.15, -0.1) is 12.4 Å². The number of aromatic amines is 1. The number of nitrogens with one attached hydrogen (secondary N) is 1. The summed E-state index contributed by atoms with van der Waals surface area (Å²) in [6, 6.07) is 10.2. The molecule has 0 saturated heterocycles. The highest BCUT2D eigenvalue weighted by Gasteiger charge is 2.20. The van der Waals surface area contributed by atoms with Crippen LogP contribution in [0.5, 0.6) is 5.75 Å². The predicted octanol–water partition coefficient (Wildman–Crippen LogP) is 4.12. The number of rotatable bonds is 7. The lowest BCUT2D eigenvalue weighted by Crippen LogP contribution is -2.31. The Kier molecular flexibility index (Phi) is 6.72. The smallest absolute Gasteiger partial charge is 0.326 e. The Hall–Kier alpha value is -2.57. The van der Waals surface area contributed by atoms with Gasteiger partial charge in [0.15, 0.2) is 5.78 Å². The van der Waals surface area contributed by atoms with Gasteiger partial charge in [-0.05, 0) is 73.5 Å². The molecule has 0 aliphatic carbocycles. The molecular weight excluding hydrogens is 426 g/mol. The van der Waals surface area contributed by atoms with Crippen molar-refractivity contribution >= 4 is 29.2 Å². The highest BCUT2D eigenvalue weighted by atomic mass is 35.5. The van der Waals surface area contributed by atoms with Gasteiger partial charge in [0.2, 0.25) is 0 Å². The minimum atomic E-state index is -0.0683. The summed E-state index contributed by atoms with van der Waals surface area (Å²) in [5.74, 6) is 1.17. The number of carbonyl (C=O) groups is 1. The van der Waals surface area contributed by atoms with Gasteiger partial charge in [-0.25, -0.2) is 4.79 Å². The van der Waals surface area contributed by atoms with Crippen molar-refractivity contribution in [3.05, 3.63) is 63.1 Å². The normalized spacial score (nSPS) is 15.3. The first-order valence-corrected chi connectivity index (χ1v) is 11.3. The van der Waals surface area contributed by atoms with Crippen molar-refractivity contribution < 1.29 is 9.53 Å². The van der Waals surface area contributed by atoms with Gasteiger partial charge in [-0.2, -0.15) is 0 Å². The van der Waals surface area contributed by atoms with E-state index in [0.29, 0.717) is 6.42 Å². The lowest BCUT2D eigenvalue weighted by molar-refractivity contribution is 0.0977. The Balaban J connectivity index is 0.00000245. The summed E-state index contributed by atoms with van der Waals surface area (Å²) in [5, 5.41) is 0. The number of ketones is 1. The quantitative estimate of drug-likeness (QED) is 0.430. The van der Waals surface area contributed by atoms with Gasteiger partial charge in [-0.3, -0.25) is 14.3 Å². The average Bonchev–Trinajstić information content (AvgIpc) is 3.12. The van der Waals surface area contributed by atoms with E-state index in [0.717, 1.165) is 86.2 Å². The molecule has 5 rings (SSSR count). The van der Waals surface area contributed by atoms with Crippen molar-refractivity contribution in [2.75, 3.05) is 20.2 Å². The van der Waals surface area contributed by atoms with Gasteiger partial charge in [0, 0.05) is 31.6 Å². The Labute approximate surface area is 194 Å². The van der Waals surface area contributed by atoms with E-state index in [1.54, 1.807) is 11.7 Å². The summed E-state index contributed by atoms with van der Waals surface area (Å²) < 4.78 is 7.29. The van der Waals surface area contributed by atoms with Crippen molar-refractivity contribution in [2.24, 2.45) is 0 Å². The van der Waals surface area contributed by atoms with E-state index in [9.17, 15) is 9.59 Å². The summed E-state index contributed by atoms with van der Waals surface area (Å²) in [4.78, 5) is 30.3. The van der Waals surface area contributed by atoms with E-state index in [1.807, 2.05) is 18.2 Å². The maximum absolute atomic E-state index is 12.8. The monoisotopic (exact) mass is 455 g/mol. The molecule has 2 aliphatic heterocycles. The van der Waals surface area contributed by atoms with Gasteiger partial charge < -0.3 is 9.72 Å². The SMILES string of the molecule is COc1cccc2c1CCN(CCCCC(=O)c1cc3c4c(c1)[nH]c(=O)n4CCC3)C2.Cl. The fourth-order valence-corrected chi connectivity index (χ4v) is 5.17. The maximum Gasteiger partial charge on any atom is 0.326 e. The van der Waals surface area contributed by atoms with Crippen LogP contribution in [0.3, 0.4) is 0 Å². The van der Waals surface area contributed by atoms with Crippen molar-refractivity contribution in [3.63, 3.8) is 0 Å².